The molecule has 56 heavy (non-hydrogen) atoms. The number of carboxylic acids is 2. The van der Waals surface area contributed by atoms with Crippen LogP contribution in [0.5, 0.6) is 0 Å². The van der Waals surface area contributed by atoms with E-state index in [1.165, 1.54) is 18.7 Å². The molecular weight excluding hydrogens is 736 g/mol. The van der Waals surface area contributed by atoms with Gasteiger partial charge in [-0.2, -0.15) is 0 Å². The molecule has 1 saturated heterocycles. The fourth-order valence-electron chi connectivity index (χ4n) is 5.90. The average molecular weight is 799 g/mol. The number of aliphatic imine (C=N–C) groups is 1. The van der Waals surface area contributed by atoms with Gasteiger partial charge >= 0.3 is 11.9 Å². The van der Waals surface area contributed by atoms with E-state index in [2.05, 4.69) is 31.6 Å². The first kappa shape index (κ1) is 49.0. The Balaban J connectivity index is 3.22. The van der Waals surface area contributed by atoms with E-state index >= 15 is 0 Å². The van der Waals surface area contributed by atoms with Gasteiger partial charge in [0.2, 0.25) is 35.4 Å². The number of rotatable bonds is 24. The number of carbonyl (C=O) groups excluding carboxylic acids is 6. The van der Waals surface area contributed by atoms with Gasteiger partial charge in [0.25, 0.3) is 0 Å². The Hall–Kier alpha value is -5.05. The summed E-state index contributed by atoms with van der Waals surface area (Å²) in [5, 5.41) is 41.1. The van der Waals surface area contributed by atoms with Crippen molar-refractivity contribution in [3.8, 4) is 0 Å². The number of aliphatic hydroxyl groups is 1. The first-order valence-corrected chi connectivity index (χ1v) is 18.8. The number of nitrogens with zero attached hydrogens (tertiary/aromatic N) is 2. The minimum atomic E-state index is -1.45. The van der Waals surface area contributed by atoms with Crippen molar-refractivity contribution in [3.63, 3.8) is 0 Å². The molecule has 1 fully saturated rings. The molecule has 6 amide bonds. The zero-order valence-corrected chi connectivity index (χ0v) is 33.1. The number of hydrogen-bond donors (Lipinski definition) is 11. The zero-order valence-electron chi connectivity index (χ0n) is 33.1. The second-order valence-corrected chi connectivity index (χ2v) is 14.9. The largest absolute Gasteiger partial charge is 0.481 e. The second-order valence-electron chi connectivity index (χ2n) is 14.9. The van der Waals surface area contributed by atoms with Crippen LogP contribution >= 0.6 is 0 Å². The lowest BCUT2D eigenvalue weighted by molar-refractivity contribution is -0.145. The van der Waals surface area contributed by atoms with Crippen molar-refractivity contribution >= 4 is 53.3 Å². The van der Waals surface area contributed by atoms with Gasteiger partial charge in [-0.1, -0.05) is 27.7 Å². The third-order valence-electron chi connectivity index (χ3n) is 8.91. The summed E-state index contributed by atoms with van der Waals surface area (Å²) in [4.78, 5) is 108. The van der Waals surface area contributed by atoms with Crippen LogP contribution in [0.25, 0.3) is 0 Å². The first-order valence-electron chi connectivity index (χ1n) is 18.8. The number of guanidine groups is 1. The molecule has 0 unspecified atom stereocenters. The number of hydrogen-bond acceptors (Lipinski definition) is 11. The van der Waals surface area contributed by atoms with Crippen LogP contribution in [0.4, 0.5) is 0 Å². The molecule has 1 aliphatic rings. The molecule has 0 aromatic carbocycles. The molecule has 0 radical (unpaired) electrons. The Morgan fingerprint density at radius 3 is 1.82 bits per heavy atom. The topological polar surface area (TPSA) is 351 Å². The van der Waals surface area contributed by atoms with E-state index in [9.17, 15) is 53.7 Å². The number of carboxylic acid groups (broad SMARTS) is 2. The number of nitrogens with two attached hydrogens (primary N) is 3. The fraction of sp³-hybridized carbons (Fsp3) is 0.743. The van der Waals surface area contributed by atoms with Crippen molar-refractivity contribution in [1.82, 2.24) is 31.5 Å². The van der Waals surface area contributed by atoms with E-state index < -0.39 is 102 Å². The molecule has 1 rings (SSSR count). The van der Waals surface area contributed by atoms with E-state index in [0.29, 0.717) is 6.42 Å². The quantitative estimate of drug-likeness (QED) is 0.0268. The van der Waals surface area contributed by atoms with Crippen LogP contribution in [-0.4, -0.2) is 135 Å². The Labute approximate surface area is 326 Å². The average Bonchev–Trinajstić information content (AvgIpc) is 3.59. The van der Waals surface area contributed by atoms with Crippen molar-refractivity contribution in [2.24, 2.45) is 34.0 Å². The first-order chi connectivity index (χ1) is 26.0. The van der Waals surface area contributed by atoms with Crippen LogP contribution in [0, 0.1) is 11.8 Å². The third-order valence-corrected chi connectivity index (χ3v) is 8.91. The molecule has 8 atom stereocenters. The molecule has 14 N–H and O–H groups in total. The molecular formula is C35H62N10O11. The standard InChI is InChI=1S/C35H62N10O11/c1-17(2)15-23(43-29(50)21(11-12-26(47)48)41-28(49)19(5)40-32(53)27(36)20(6)46)30(51)44-24(16-18(3)4)33(54)45-14-8-10-25(45)31(52)42-22(34(55)56)9-7-13-39-35(37)38/h17-25,27,46H,7-16,36H2,1-6H3,(H,40,53)(H,41,49)(H,42,52)(H,43,50)(H,44,51)(H,47,48)(H,55,56)(H4,37,38,39)/t19-,20+,21-,22-,23-,24-,25-,27-/m0/s1. The number of likely N-dealkylation sites (tertiary alicyclic amines) is 1. The lowest BCUT2D eigenvalue weighted by Gasteiger charge is -2.31. The lowest BCUT2D eigenvalue weighted by Crippen LogP contribution is -2.60. The van der Waals surface area contributed by atoms with Gasteiger partial charge in [-0.3, -0.25) is 38.6 Å². The summed E-state index contributed by atoms with van der Waals surface area (Å²) in [5.41, 5.74) is 16.2. The Morgan fingerprint density at radius 1 is 0.732 bits per heavy atom. The predicted molar refractivity (Wildman–Crippen MR) is 203 cm³/mol. The summed E-state index contributed by atoms with van der Waals surface area (Å²) in [7, 11) is 0. The molecule has 0 aromatic heterocycles. The minimum absolute atomic E-state index is 0.0304. The minimum Gasteiger partial charge on any atom is -0.481 e. The smallest absolute Gasteiger partial charge is 0.326 e. The van der Waals surface area contributed by atoms with Gasteiger partial charge < -0.3 is 64.0 Å². The molecule has 0 bridgehead atoms. The van der Waals surface area contributed by atoms with Gasteiger partial charge in [-0.25, -0.2) is 4.79 Å². The van der Waals surface area contributed by atoms with Crippen LogP contribution in [0.1, 0.15) is 92.9 Å². The Morgan fingerprint density at radius 2 is 1.29 bits per heavy atom. The van der Waals surface area contributed by atoms with Crippen LogP contribution in [0.3, 0.4) is 0 Å². The highest BCUT2D eigenvalue weighted by atomic mass is 16.4. The van der Waals surface area contributed by atoms with Crippen LogP contribution in [-0.2, 0) is 38.4 Å². The number of amides is 6. The van der Waals surface area contributed by atoms with Crippen molar-refractivity contribution in [2.75, 3.05) is 13.1 Å². The van der Waals surface area contributed by atoms with E-state index in [1.54, 1.807) is 13.8 Å². The van der Waals surface area contributed by atoms with Gasteiger partial charge in [0.1, 0.15) is 42.3 Å². The molecule has 21 heteroatoms. The van der Waals surface area contributed by atoms with Crippen LogP contribution in [0.15, 0.2) is 4.99 Å². The van der Waals surface area contributed by atoms with Gasteiger partial charge in [-0.15, -0.1) is 0 Å². The molecule has 0 aromatic rings. The molecule has 0 spiro atoms. The summed E-state index contributed by atoms with van der Waals surface area (Å²) in [5.74, 6) is -7.55. The number of aliphatic hydroxyl groups excluding tert-OH is 1. The van der Waals surface area contributed by atoms with Crippen molar-refractivity contribution in [3.05, 3.63) is 0 Å². The summed E-state index contributed by atoms with van der Waals surface area (Å²) in [6.45, 7) is 10.1. The van der Waals surface area contributed by atoms with E-state index in [0.717, 1.165) is 0 Å². The maximum atomic E-state index is 14.0. The van der Waals surface area contributed by atoms with Crippen LogP contribution < -0.4 is 43.8 Å². The summed E-state index contributed by atoms with van der Waals surface area (Å²) >= 11 is 0. The maximum absolute atomic E-state index is 14.0. The van der Waals surface area contributed by atoms with Gasteiger partial charge in [-0.05, 0) is 70.6 Å². The van der Waals surface area contributed by atoms with Crippen molar-refractivity contribution in [1.29, 1.82) is 0 Å². The highest BCUT2D eigenvalue weighted by Gasteiger charge is 2.40. The van der Waals surface area contributed by atoms with Gasteiger partial charge in [0.05, 0.1) is 6.10 Å². The highest BCUT2D eigenvalue weighted by molar-refractivity contribution is 5.97. The lowest BCUT2D eigenvalue weighted by atomic mass is 9.99. The normalized spacial score (nSPS) is 17.7. The number of nitrogens with one attached hydrogen (secondary N) is 5. The molecule has 318 valence electrons. The summed E-state index contributed by atoms with van der Waals surface area (Å²) in [6.07, 6.45) is -0.892. The Kier molecular flexibility index (Phi) is 20.8. The molecule has 0 aliphatic carbocycles. The van der Waals surface area contributed by atoms with Crippen molar-refractivity contribution < 1.29 is 53.7 Å². The van der Waals surface area contributed by atoms with Gasteiger partial charge in [0, 0.05) is 19.5 Å². The monoisotopic (exact) mass is 798 g/mol. The van der Waals surface area contributed by atoms with Crippen LogP contribution in [0.2, 0.25) is 0 Å². The fourth-order valence-corrected chi connectivity index (χ4v) is 5.90. The molecule has 21 nitrogen and oxygen atoms in total. The van der Waals surface area contributed by atoms with Crippen molar-refractivity contribution in [2.45, 2.75) is 141 Å². The van der Waals surface area contributed by atoms with E-state index in [1.807, 2.05) is 13.8 Å². The molecule has 1 heterocycles. The predicted octanol–water partition coefficient (Wildman–Crippen LogP) is -2.78. The van der Waals surface area contributed by atoms with E-state index in [4.69, 9.17) is 17.2 Å². The summed E-state index contributed by atoms with van der Waals surface area (Å²) < 4.78 is 0. The highest BCUT2D eigenvalue weighted by Crippen LogP contribution is 2.21. The van der Waals surface area contributed by atoms with E-state index in [-0.39, 0.29) is 69.4 Å². The zero-order chi connectivity index (χ0) is 42.9. The number of carbonyl (C=O) groups is 8. The summed E-state index contributed by atoms with van der Waals surface area (Å²) in [6, 6.07) is -8.69. The second kappa shape index (κ2) is 23.8. The van der Waals surface area contributed by atoms with Gasteiger partial charge in [0.15, 0.2) is 5.96 Å². The number of aliphatic carboxylic acids is 2. The molecule has 1 aliphatic heterocycles. The maximum Gasteiger partial charge on any atom is 0.326 e. The Bertz CT molecular complexity index is 1420. The SMILES string of the molecule is CC(C)C[C@H](NC(=O)[C@H](CCC(=O)O)NC(=O)[C@H](C)NC(=O)[C@@H](N)[C@@H](C)O)C(=O)N[C@@H](CC(C)C)C(=O)N1CCC[C@H]1C(=O)N[C@@H](CCCN=C(N)N)C(=O)O. The third kappa shape index (κ3) is 17.2. The molecule has 0 saturated carbocycles.